The number of hydrogen-bond acceptors (Lipinski definition) is 2. The van der Waals surface area contributed by atoms with Crippen molar-refractivity contribution in [1.82, 2.24) is 0 Å². The Balaban J connectivity index is 2.92. The molecule has 1 aromatic rings. The van der Waals surface area contributed by atoms with E-state index < -0.39 is 5.54 Å². The standard InChI is InChI=1S/C10H13BrFNO/c1-10(13,6-14)5-7-3-2-4-8(12)9(7)11/h2-4,14H,5-6,13H2,1H3. The molecule has 0 aliphatic heterocycles. The highest BCUT2D eigenvalue weighted by atomic mass is 79.9. The molecule has 4 heteroatoms. The van der Waals surface area contributed by atoms with Crippen LogP contribution in [0.15, 0.2) is 22.7 Å². The van der Waals surface area contributed by atoms with Crippen LogP contribution in [-0.4, -0.2) is 17.3 Å². The number of halogens is 2. The zero-order valence-electron chi connectivity index (χ0n) is 7.93. The third-order valence-electron chi connectivity index (χ3n) is 1.99. The van der Waals surface area contributed by atoms with Crippen molar-refractivity contribution >= 4 is 15.9 Å². The molecule has 3 N–H and O–H groups in total. The van der Waals surface area contributed by atoms with E-state index in [0.29, 0.717) is 10.9 Å². The summed E-state index contributed by atoms with van der Waals surface area (Å²) < 4.78 is 13.5. The third-order valence-corrected chi connectivity index (χ3v) is 2.88. The number of aliphatic hydroxyl groups excluding tert-OH is 1. The Morgan fingerprint density at radius 1 is 1.57 bits per heavy atom. The number of aliphatic hydroxyl groups is 1. The van der Waals surface area contributed by atoms with Gasteiger partial charge in [0.05, 0.1) is 11.1 Å². The summed E-state index contributed by atoms with van der Waals surface area (Å²) in [6, 6.07) is 4.79. The van der Waals surface area contributed by atoms with E-state index >= 15 is 0 Å². The molecular weight excluding hydrogens is 249 g/mol. The Hall–Kier alpha value is -0.450. The largest absolute Gasteiger partial charge is 0.394 e. The van der Waals surface area contributed by atoms with E-state index in [4.69, 9.17) is 10.8 Å². The molecule has 1 atom stereocenters. The molecule has 1 rings (SSSR count). The SMILES string of the molecule is CC(N)(CO)Cc1cccc(F)c1Br. The Morgan fingerprint density at radius 3 is 2.79 bits per heavy atom. The summed E-state index contributed by atoms with van der Waals surface area (Å²) >= 11 is 3.15. The molecule has 14 heavy (non-hydrogen) atoms. The highest BCUT2D eigenvalue weighted by Crippen LogP contribution is 2.23. The van der Waals surface area contributed by atoms with Crippen molar-refractivity contribution in [3.05, 3.63) is 34.1 Å². The summed E-state index contributed by atoms with van der Waals surface area (Å²) in [5, 5.41) is 8.98. The van der Waals surface area contributed by atoms with E-state index in [2.05, 4.69) is 15.9 Å². The maximum absolute atomic E-state index is 13.1. The lowest BCUT2D eigenvalue weighted by Crippen LogP contribution is -2.42. The Labute approximate surface area is 91.1 Å². The van der Waals surface area contributed by atoms with Gasteiger partial charge in [-0.05, 0) is 40.9 Å². The van der Waals surface area contributed by atoms with E-state index in [-0.39, 0.29) is 12.4 Å². The molecule has 0 bridgehead atoms. The first-order valence-electron chi connectivity index (χ1n) is 4.29. The molecule has 78 valence electrons. The molecule has 0 spiro atoms. The predicted octanol–water partition coefficient (Wildman–Crippen LogP) is 1.84. The molecule has 0 fully saturated rings. The molecule has 0 saturated heterocycles. The van der Waals surface area contributed by atoms with Crippen molar-refractivity contribution < 1.29 is 9.50 Å². The van der Waals surface area contributed by atoms with E-state index in [1.54, 1.807) is 19.1 Å². The minimum Gasteiger partial charge on any atom is -0.394 e. The van der Waals surface area contributed by atoms with Crippen LogP contribution in [0.25, 0.3) is 0 Å². The summed E-state index contributed by atoms with van der Waals surface area (Å²) in [5.74, 6) is -0.309. The molecule has 0 amide bonds. The predicted molar refractivity (Wildman–Crippen MR) is 57.5 cm³/mol. The molecule has 2 nitrogen and oxygen atoms in total. The van der Waals surface area contributed by atoms with Crippen molar-refractivity contribution in [1.29, 1.82) is 0 Å². The first kappa shape index (κ1) is 11.6. The topological polar surface area (TPSA) is 46.2 Å². The van der Waals surface area contributed by atoms with Gasteiger partial charge in [0.25, 0.3) is 0 Å². The van der Waals surface area contributed by atoms with Gasteiger partial charge in [-0.3, -0.25) is 0 Å². The van der Waals surface area contributed by atoms with Crippen LogP contribution in [0.1, 0.15) is 12.5 Å². The Kier molecular flexibility index (Phi) is 3.64. The first-order valence-corrected chi connectivity index (χ1v) is 5.08. The van der Waals surface area contributed by atoms with Gasteiger partial charge in [0.15, 0.2) is 0 Å². The van der Waals surface area contributed by atoms with E-state index in [9.17, 15) is 4.39 Å². The van der Waals surface area contributed by atoms with Gasteiger partial charge in [-0.2, -0.15) is 0 Å². The maximum atomic E-state index is 13.1. The minimum atomic E-state index is -0.712. The van der Waals surface area contributed by atoms with Crippen molar-refractivity contribution in [2.24, 2.45) is 5.73 Å². The summed E-state index contributed by atoms with van der Waals surface area (Å²) in [6.45, 7) is 1.60. The second-order valence-electron chi connectivity index (χ2n) is 3.70. The third kappa shape index (κ3) is 2.77. The fourth-order valence-electron chi connectivity index (χ4n) is 1.18. The molecular formula is C10H13BrFNO. The van der Waals surface area contributed by atoms with Crippen molar-refractivity contribution in [3.8, 4) is 0 Å². The molecule has 0 radical (unpaired) electrons. The summed E-state index contributed by atoms with van der Waals surface area (Å²) in [4.78, 5) is 0. The first-order chi connectivity index (χ1) is 6.46. The van der Waals surface area contributed by atoms with Crippen LogP contribution in [-0.2, 0) is 6.42 Å². The van der Waals surface area contributed by atoms with Gasteiger partial charge in [0, 0.05) is 5.54 Å². The van der Waals surface area contributed by atoms with Crippen LogP contribution in [0.2, 0.25) is 0 Å². The average Bonchev–Trinajstić information content (AvgIpc) is 2.13. The van der Waals surface area contributed by atoms with Gasteiger partial charge in [-0.15, -0.1) is 0 Å². The lowest BCUT2D eigenvalue weighted by Gasteiger charge is -2.22. The van der Waals surface area contributed by atoms with Crippen molar-refractivity contribution in [2.45, 2.75) is 18.9 Å². The number of hydrogen-bond donors (Lipinski definition) is 2. The number of benzene rings is 1. The van der Waals surface area contributed by atoms with Crippen molar-refractivity contribution in [3.63, 3.8) is 0 Å². The summed E-state index contributed by atoms with van der Waals surface area (Å²) in [7, 11) is 0. The zero-order valence-corrected chi connectivity index (χ0v) is 9.51. The van der Waals surface area contributed by atoms with Crippen molar-refractivity contribution in [2.75, 3.05) is 6.61 Å². The second-order valence-corrected chi connectivity index (χ2v) is 4.49. The van der Waals surface area contributed by atoms with Gasteiger partial charge < -0.3 is 10.8 Å². The number of rotatable bonds is 3. The fraction of sp³-hybridized carbons (Fsp3) is 0.400. The fourth-order valence-corrected chi connectivity index (χ4v) is 1.58. The molecule has 1 aromatic carbocycles. The molecule has 0 aromatic heterocycles. The van der Waals surface area contributed by atoms with Gasteiger partial charge in [0.2, 0.25) is 0 Å². The monoisotopic (exact) mass is 261 g/mol. The lowest BCUT2D eigenvalue weighted by molar-refractivity contribution is 0.208. The smallest absolute Gasteiger partial charge is 0.137 e. The quantitative estimate of drug-likeness (QED) is 0.873. The molecule has 0 heterocycles. The Morgan fingerprint density at radius 2 is 2.21 bits per heavy atom. The van der Waals surface area contributed by atoms with Gasteiger partial charge in [-0.1, -0.05) is 12.1 Å². The summed E-state index contributed by atoms with van der Waals surface area (Å²) in [6.07, 6.45) is 0.432. The van der Waals surface area contributed by atoms with Crippen LogP contribution < -0.4 is 5.73 Å². The molecule has 1 unspecified atom stereocenters. The van der Waals surface area contributed by atoms with E-state index in [1.807, 2.05) is 0 Å². The zero-order chi connectivity index (χ0) is 10.8. The number of nitrogens with two attached hydrogens (primary N) is 1. The highest BCUT2D eigenvalue weighted by Gasteiger charge is 2.19. The van der Waals surface area contributed by atoms with Crippen LogP contribution in [0.4, 0.5) is 4.39 Å². The van der Waals surface area contributed by atoms with Crippen LogP contribution in [0.3, 0.4) is 0 Å². The molecule has 0 aliphatic rings. The summed E-state index contributed by atoms with van der Waals surface area (Å²) in [5.41, 5.74) is 5.83. The van der Waals surface area contributed by atoms with Gasteiger partial charge in [0.1, 0.15) is 5.82 Å². The Bertz CT molecular complexity index is 328. The normalized spacial score (nSPS) is 15.2. The maximum Gasteiger partial charge on any atom is 0.137 e. The van der Waals surface area contributed by atoms with Gasteiger partial charge >= 0.3 is 0 Å². The average molecular weight is 262 g/mol. The highest BCUT2D eigenvalue weighted by molar-refractivity contribution is 9.10. The van der Waals surface area contributed by atoms with E-state index in [0.717, 1.165) is 5.56 Å². The van der Waals surface area contributed by atoms with Crippen LogP contribution >= 0.6 is 15.9 Å². The molecule has 0 saturated carbocycles. The molecule has 0 aliphatic carbocycles. The second kappa shape index (κ2) is 4.38. The minimum absolute atomic E-state index is 0.129. The van der Waals surface area contributed by atoms with Gasteiger partial charge in [-0.25, -0.2) is 4.39 Å². The van der Waals surface area contributed by atoms with Crippen LogP contribution in [0, 0.1) is 5.82 Å². The van der Waals surface area contributed by atoms with E-state index in [1.165, 1.54) is 6.07 Å². The van der Waals surface area contributed by atoms with Crippen LogP contribution in [0.5, 0.6) is 0 Å². The lowest BCUT2D eigenvalue weighted by atomic mass is 9.95.